The van der Waals surface area contributed by atoms with Gasteiger partial charge in [-0.05, 0) is 18.9 Å². The van der Waals surface area contributed by atoms with Crippen molar-refractivity contribution in [3.63, 3.8) is 0 Å². The average Bonchev–Trinajstić information content (AvgIpc) is 2.39. The highest BCUT2D eigenvalue weighted by Gasteiger charge is 2.35. The smallest absolute Gasteiger partial charge is 0.165 e. The van der Waals surface area contributed by atoms with Gasteiger partial charge in [0, 0.05) is 34.5 Å². The molecule has 1 aromatic carbocycles. The number of hydrogen-bond acceptors (Lipinski definition) is 3. The van der Waals surface area contributed by atoms with Crippen LogP contribution in [0.15, 0.2) is 29.2 Å². The highest BCUT2D eigenvalue weighted by Crippen LogP contribution is 2.41. The molecule has 3 rings (SSSR count). The Morgan fingerprint density at radius 2 is 1.94 bits per heavy atom. The Balaban J connectivity index is 1.85. The first-order valence-corrected chi connectivity index (χ1v) is 7.45. The summed E-state index contributed by atoms with van der Waals surface area (Å²) in [6.45, 7) is 0. The maximum absolute atomic E-state index is 12.1. The lowest BCUT2D eigenvalue weighted by Crippen LogP contribution is -2.32. The molecule has 0 N–H and O–H groups in total. The van der Waals surface area contributed by atoms with E-state index in [0.29, 0.717) is 18.6 Å². The lowest BCUT2D eigenvalue weighted by molar-refractivity contribution is -0.124. The van der Waals surface area contributed by atoms with E-state index in [-0.39, 0.29) is 17.0 Å². The fourth-order valence-electron chi connectivity index (χ4n) is 2.92. The Bertz CT molecular complexity index is 495. The molecule has 18 heavy (non-hydrogen) atoms. The van der Waals surface area contributed by atoms with Crippen molar-refractivity contribution < 1.29 is 9.59 Å². The van der Waals surface area contributed by atoms with E-state index >= 15 is 0 Å². The van der Waals surface area contributed by atoms with Crippen LogP contribution < -0.4 is 0 Å². The number of ketones is 2. The van der Waals surface area contributed by atoms with E-state index in [1.165, 1.54) is 0 Å². The van der Waals surface area contributed by atoms with Crippen molar-refractivity contribution in [3.8, 4) is 0 Å². The molecular weight excluding hydrogens is 244 g/mol. The molecule has 2 nitrogen and oxygen atoms in total. The molecule has 0 bridgehead atoms. The second-order valence-corrected chi connectivity index (χ2v) is 6.38. The van der Waals surface area contributed by atoms with Crippen molar-refractivity contribution in [2.45, 2.75) is 42.2 Å². The Kier molecular flexibility index (Phi) is 3.25. The maximum Gasteiger partial charge on any atom is 0.165 e. The molecular formula is C15H16O2S. The summed E-state index contributed by atoms with van der Waals surface area (Å²) < 4.78 is 0. The Morgan fingerprint density at radius 1 is 1.11 bits per heavy atom. The van der Waals surface area contributed by atoms with Gasteiger partial charge in [-0.15, -0.1) is 11.8 Å². The molecule has 2 unspecified atom stereocenters. The number of hydrogen-bond donors (Lipinski definition) is 0. The minimum absolute atomic E-state index is 0.0982. The van der Waals surface area contributed by atoms with Gasteiger partial charge in [0.1, 0.15) is 5.78 Å². The molecule has 94 valence electrons. The van der Waals surface area contributed by atoms with Crippen LogP contribution in [-0.4, -0.2) is 16.8 Å². The fourth-order valence-corrected chi connectivity index (χ4v) is 4.40. The van der Waals surface area contributed by atoms with Crippen LogP contribution >= 0.6 is 11.8 Å². The Morgan fingerprint density at radius 3 is 2.78 bits per heavy atom. The third-order valence-corrected chi connectivity index (χ3v) is 5.31. The SMILES string of the molecule is O=C1CC(C2CCCCC2=O)Sc2ccccc21. The minimum Gasteiger partial charge on any atom is -0.299 e. The lowest BCUT2D eigenvalue weighted by atomic mass is 9.83. The molecule has 1 fully saturated rings. The topological polar surface area (TPSA) is 34.1 Å². The molecule has 3 heteroatoms. The van der Waals surface area contributed by atoms with Crippen molar-refractivity contribution in [2.75, 3.05) is 0 Å². The largest absolute Gasteiger partial charge is 0.299 e. The van der Waals surface area contributed by atoms with E-state index < -0.39 is 0 Å². The third-order valence-electron chi connectivity index (χ3n) is 3.90. The normalized spacial score (nSPS) is 28.0. The number of carbonyl (C=O) groups excluding carboxylic acids is 2. The number of fused-ring (bicyclic) bond motifs is 1. The van der Waals surface area contributed by atoms with Gasteiger partial charge in [-0.1, -0.05) is 24.6 Å². The average molecular weight is 260 g/mol. The van der Waals surface area contributed by atoms with Crippen LogP contribution in [0.3, 0.4) is 0 Å². The molecule has 1 aromatic rings. The van der Waals surface area contributed by atoms with Crippen molar-refractivity contribution in [3.05, 3.63) is 29.8 Å². The molecule has 0 saturated heterocycles. The van der Waals surface area contributed by atoms with Crippen molar-refractivity contribution in [1.82, 2.24) is 0 Å². The summed E-state index contributed by atoms with van der Waals surface area (Å²) in [6, 6.07) is 7.76. The van der Waals surface area contributed by atoms with Crippen LogP contribution in [0.1, 0.15) is 42.5 Å². The van der Waals surface area contributed by atoms with E-state index in [4.69, 9.17) is 0 Å². The third kappa shape index (κ3) is 2.12. The summed E-state index contributed by atoms with van der Waals surface area (Å²) in [6.07, 6.45) is 4.35. The predicted octanol–water partition coefficient (Wildman–Crippen LogP) is 3.49. The van der Waals surface area contributed by atoms with Crippen LogP contribution in [0.4, 0.5) is 0 Å². The van der Waals surface area contributed by atoms with E-state index in [2.05, 4.69) is 0 Å². The van der Waals surface area contributed by atoms with E-state index in [1.54, 1.807) is 11.8 Å². The summed E-state index contributed by atoms with van der Waals surface area (Å²) in [5.74, 6) is 0.666. The minimum atomic E-state index is 0.0982. The van der Waals surface area contributed by atoms with Crippen LogP contribution in [0, 0.1) is 5.92 Å². The van der Waals surface area contributed by atoms with Gasteiger partial charge < -0.3 is 0 Å². The number of Topliss-reactive ketones (excluding diaryl/α,β-unsaturated/α-hetero) is 2. The molecule has 2 atom stereocenters. The zero-order valence-corrected chi connectivity index (χ0v) is 11.0. The van der Waals surface area contributed by atoms with Crippen LogP contribution in [-0.2, 0) is 4.79 Å². The summed E-state index contributed by atoms with van der Waals surface area (Å²) in [4.78, 5) is 25.2. The molecule has 0 aromatic heterocycles. The molecule has 2 aliphatic rings. The van der Waals surface area contributed by atoms with Gasteiger partial charge >= 0.3 is 0 Å². The molecule has 1 aliphatic carbocycles. The number of carbonyl (C=O) groups is 2. The van der Waals surface area contributed by atoms with Crippen LogP contribution in [0.2, 0.25) is 0 Å². The molecule has 1 heterocycles. The standard InChI is InChI=1S/C15H16O2S/c16-12-7-3-1-5-10(12)15-9-13(17)11-6-2-4-8-14(11)18-15/h2,4,6,8,10,15H,1,3,5,7,9H2. The van der Waals surface area contributed by atoms with E-state index in [1.807, 2.05) is 24.3 Å². The fraction of sp³-hybridized carbons (Fsp3) is 0.467. The van der Waals surface area contributed by atoms with Gasteiger partial charge in [0.25, 0.3) is 0 Å². The molecule has 0 amide bonds. The predicted molar refractivity (Wildman–Crippen MR) is 72.0 cm³/mol. The van der Waals surface area contributed by atoms with Crippen molar-refractivity contribution in [2.24, 2.45) is 5.92 Å². The summed E-state index contributed by atoms with van der Waals surface area (Å²) in [7, 11) is 0. The zero-order valence-electron chi connectivity index (χ0n) is 10.2. The molecule has 0 radical (unpaired) electrons. The number of thioether (sulfide) groups is 1. The van der Waals surface area contributed by atoms with E-state index in [9.17, 15) is 9.59 Å². The van der Waals surface area contributed by atoms with Gasteiger partial charge in [0.15, 0.2) is 5.78 Å². The Hall–Kier alpha value is -1.09. The van der Waals surface area contributed by atoms with Crippen LogP contribution in [0.5, 0.6) is 0 Å². The number of rotatable bonds is 1. The van der Waals surface area contributed by atoms with Gasteiger partial charge in [-0.2, -0.15) is 0 Å². The first kappa shape index (κ1) is 12.0. The summed E-state index contributed by atoms with van der Waals surface area (Å²) >= 11 is 1.73. The van der Waals surface area contributed by atoms with Gasteiger partial charge in [-0.25, -0.2) is 0 Å². The summed E-state index contributed by atoms with van der Waals surface area (Å²) in [5, 5.41) is 0.167. The molecule has 1 aliphatic heterocycles. The number of benzene rings is 1. The van der Waals surface area contributed by atoms with E-state index in [0.717, 1.165) is 29.7 Å². The zero-order chi connectivity index (χ0) is 12.5. The summed E-state index contributed by atoms with van der Waals surface area (Å²) in [5.41, 5.74) is 0.835. The lowest BCUT2D eigenvalue weighted by Gasteiger charge is -2.31. The van der Waals surface area contributed by atoms with Gasteiger partial charge in [0.05, 0.1) is 0 Å². The Labute approximate surface area is 111 Å². The highest BCUT2D eigenvalue weighted by atomic mass is 32.2. The monoisotopic (exact) mass is 260 g/mol. The van der Waals surface area contributed by atoms with Crippen LogP contribution in [0.25, 0.3) is 0 Å². The quantitative estimate of drug-likeness (QED) is 0.775. The van der Waals surface area contributed by atoms with Gasteiger partial charge in [-0.3, -0.25) is 9.59 Å². The molecule has 1 saturated carbocycles. The van der Waals surface area contributed by atoms with Crippen molar-refractivity contribution >= 4 is 23.3 Å². The second kappa shape index (κ2) is 4.88. The highest BCUT2D eigenvalue weighted by molar-refractivity contribution is 8.00. The first-order valence-electron chi connectivity index (χ1n) is 6.57. The second-order valence-electron chi connectivity index (χ2n) is 5.10. The van der Waals surface area contributed by atoms with Crippen molar-refractivity contribution in [1.29, 1.82) is 0 Å². The van der Waals surface area contributed by atoms with Gasteiger partial charge in [0.2, 0.25) is 0 Å². The maximum atomic E-state index is 12.1. The first-order chi connectivity index (χ1) is 8.75. The molecule has 0 spiro atoms.